The average molecular weight is 320 g/mol. The summed E-state index contributed by atoms with van der Waals surface area (Å²) in [4.78, 5) is 39.2. The number of hydrogen-bond donors (Lipinski definition) is 3. The molecule has 1 aliphatic rings. The van der Waals surface area contributed by atoms with Crippen LogP contribution in [-0.4, -0.2) is 29.4 Å². The zero-order valence-corrected chi connectivity index (χ0v) is 12.4. The van der Waals surface area contributed by atoms with Crippen LogP contribution in [0.1, 0.15) is 23.2 Å². The molecule has 2 heterocycles. The van der Waals surface area contributed by atoms with Gasteiger partial charge in [0.25, 0.3) is 5.91 Å². The fourth-order valence-electron chi connectivity index (χ4n) is 2.51. The molecule has 0 aliphatic carbocycles. The Balaban J connectivity index is 1.91. The van der Waals surface area contributed by atoms with Gasteiger partial charge in [0.15, 0.2) is 0 Å². The molecule has 3 rings (SSSR count). The van der Waals surface area contributed by atoms with E-state index in [0.717, 1.165) is 6.42 Å². The predicted octanol–water partition coefficient (Wildman–Crippen LogP) is 1.19. The van der Waals surface area contributed by atoms with Crippen LogP contribution in [0.2, 0.25) is 5.02 Å². The Labute approximate surface area is 130 Å². The molecule has 7 heteroatoms. The SMILES string of the molecule is O=C(N[C@@H]1CCCNC1=O)c1c[nH]c2cc(Cl)ccc2c1=O. The van der Waals surface area contributed by atoms with Crippen LogP contribution in [0.4, 0.5) is 0 Å². The molecule has 1 aromatic carbocycles. The van der Waals surface area contributed by atoms with Gasteiger partial charge in [-0.2, -0.15) is 0 Å². The number of H-pyrrole nitrogens is 1. The van der Waals surface area contributed by atoms with Gasteiger partial charge in [0, 0.05) is 23.2 Å². The lowest BCUT2D eigenvalue weighted by Crippen LogP contribution is -2.50. The summed E-state index contributed by atoms with van der Waals surface area (Å²) >= 11 is 5.87. The summed E-state index contributed by atoms with van der Waals surface area (Å²) in [6.45, 7) is 0.614. The summed E-state index contributed by atoms with van der Waals surface area (Å²) < 4.78 is 0. The normalized spacial score (nSPS) is 18.0. The maximum absolute atomic E-state index is 12.4. The zero-order valence-electron chi connectivity index (χ0n) is 11.6. The molecule has 2 aromatic rings. The highest BCUT2D eigenvalue weighted by molar-refractivity contribution is 6.31. The number of amides is 2. The summed E-state index contributed by atoms with van der Waals surface area (Å²) in [5.41, 5.74) is 0.150. The third-order valence-electron chi connectivity index (χ3n) is 3.68. The highest BCUT2D eigenvalue weighted by Gasteiger charge is 2.25. The first-order valence-electron chi connectivity index (χ1n) is 6.96. The van der Waals surface area contributed by atoms with Crippen LogP contribution in [0, 0.1) is 0 Å². The van der Waals surface area contributed by atoms with E-state index in [2.05, 4.69) is 15.6 Å². The molecule has 0 saturated carbocycles. The second-order valence-electron chi connectivity index (χ2n) is 5.18. The van der Waals surface area contributed by atoms with Crippen LogP contribution in [0.3, 0.4) is 0 Å². The van der Waals surface area contributed by atoms with Crippen molar-refractivity contribution in [1.82, 2.24) is 15.6 Å². The summed E-state index contributed by atoms with van der Waals surface area (Å²) in [6.07, 6.45) is 2.71. The standard InChI is InChI=1S/C15H14ClN3O3/c16-8-3-4-9-12(6-8)18-7-10(13(9)20)14(21)19-11-2-1-5-17-15(11)22/h3-4,6-7,11H,1-2,5H2,(H,17,22)(H,18,20)(H,19,21)/t11-/m1/s1. The highest BCUT2D eigenvalue weighted by Crippen LogP contribution is 2.15. The lowest BCUT2D eigenvalue weighted by molar-refractivity contribution is -0.124. The van der Waals surface area contributed by atoms with Crippen molar-refractivity contribution in [2.75, 3.05) is 6.54 Å². The van der Waals surface area contributed by atoms with Crippen LogP contribution < -0.4 is 16.1 Å². The van der Waals surface area contributed by atoms with Gasteiger partial charge in [0.1, 0.15) is 11.6 Å². The van der Waals surface area contributed by atoms with Crippen molar-refractivity contribution in [3.8, 4) is 0 Å². The molecule has 1 fully saturated rings. The number of halogens is 1. The van der Waals surface area contributed by atoms with Crippen molar-refractivity contribution in [2.24, 2.45) is 0 Å². The molecule has 0 radical (unpaired) electrons. The van der Waals surface area contributed by atoms with E-state index in [9.17, 15) is 14.4 Å². The predicted molar refractivity (Wildman–Crippen MR) is 83.1 cm³/mol. The Kier molecular flexibility index (Phi) is 3.85. The zero-order chi connectivity index (χ0) is 15.7. The van der Waals surface area contributed by atoms with Gasteiger partial charge < -0.3 is 15.6 Å². The number of aromatic amines is 1. The first kappa shape index (κ1) is 14.6. The van der Waals surface area contributed by atoms with Gasteiger partial charge >= 0.3 is 0 Å². The van der Waals surface area contributed by atoms with Gasteiger partial charge in [-0.15, -0.1) is 0 Å². The number of hydrogen-bond acceptors (Lipinski definition) is 3. The number of benzene rings is 1. The van der Waals surface area contributed by atoms with Crippen LogP contribution >= 0.6 is 11.6 Å². The molecular weight excluding hydrogens is 306 g/mol. The van der Waals surface area contributed by atoms with Gasteiger partial charge in [-0.25, -0.2) is 0 Å². The minimum absolute atomic E-state index is 0.0202. The number of rotatable bonds is 2. The lowest BCUT2D eigenvalue weighted by atomic mass is 10.1. The number of piperidine rings is 1. The Morgan fingerprint density at radius 3 is 2.91 bits per heavy atom. The van der Waals surface area contributed by atoms with E-state index < -0.39 is 11.9 Å². The molecule has 2 amide bonds. The molecular formula is C15H14ClN3O3. The third kappa shape index (κ3) is 2.69. The maximum Gasteiger partial charge on any atom is 0.257 e. The fraction of sp³-hybridized carbons (Fsp3) is 0.267. The molecule has 22 heavy (non-hydrogen) atoms. The highest BCUT2D eigenvalue weighted by atomic mass is 35.5. The summed E-state index contributed by atoms with van der Waals surface area (Å²) in [7, 11) is 0. The van der Waals surface area contributed by atoms with Crippen molar-refractivity contribution >= 4 is 34.3 Å². The molecule has 1 atom stereocenters. The molecule has 1 aromatic heterocycles. The smallest absolute Gasteiger partial charge is 0.257 e. The molecule has 3 N–H and O–H groups in total. The van der Waals surface area contributed by atoms with Gasteiger partial charge in [-0.3, -0.25) is 14.4 Å². The first-order valence-corrected chi connectivity index (χ1v) is 7.33. The molecule has 6 nitrogen and oxygen atoms in total. The minimum Gasteiger partial charge on any atom is -0.360 e. The second kappa shape index (κ2) is 5.81. The van der Waals surface area contributed by atoms with E-state index in [1.54, 1.807) is 18.2 Å². The fourth-order valence-corrected chi connectivity index (χ4v) is 2.68. The Hall–Kier alpha value is -2.34. The first-order chi connectivity index (χ1) is 10.6. The van der Waals surface area contributed by atoms with E-state index >= 15 is 0 Å². The molecule has 1 saturated heterocycles. The van der Waals surface area contributed by atoms with E-state index in [-0.39, 0.29) is 16.9 Å². The van der Waals surface area contributed by atoms with Crippen molar-refractivity contribution in [2.45, 2.75) is 18.9 Å². The number of aromatic nitrogens is 1. The van der Waals surface area contributed by atoms with Crippen LogP contribution in [-0.2, 0) is 4.79 Å². The maximum atomic E-state index is 12.4. The van der Waals surface area contributed by atoms with E-state index in [0.29, 0.717) is 28.9 Å². The molecule has 0 spiro atoms. The molecule has 1 aliphatic heterocycles. The van der Waals surface area contributed by atoms with Gasteiger partial charge in [0.05, 0.1) is 5.52 Å². The minimum atomic E-state index is -0.596. The Bertz CT molecular complexity index is 815. The lowest BCUT2D eigenvalue weighted by Gasteiger charge is -2.22. The van der Waals surface area contributed by atoms with Crippen molar-refractivity contribution in [1.29, 1.82) is 0 Å². The quantitative estimate of drug-likeness (QED) is 0.776. The average Bonchev–Trinajstić information content (AvgIpc) is 2.49. The van der Waals surface area contributed by atoms with Gasteiger partial charge in [-0.1, -0.05) is 11.6 Å². The van der Waals surface area contributed by atoms with Crippen LogP contribution in [0.15, 0.2) is 29.2 Å². The number of fused-ring (bicyclic) bond motifs is 1. The monoisotopic (exact) mass is 319 g/mol. The van der Waals surface area contributed by atoms with E-state index in [1.807, 2.05) is 0 Å². The van der Waals surface area contributed by atoms with Crippen molar-refractivity contribution in [3.05, 3.63) is 45.2 Å². The summed E-state index contributed by atoms with van der Waals surface area (Å²) in [5, 5.41) is 6.17. The number of carbonyl (C=O) groups is 2. The molecule has 0 unspecified atom stereocenters. The molecule has 0 bridgehead atoms. The summed E-state index contributed by atoms with van der Waals surface area (Å²) in [5.74, 6) is -0.774. The largest absolute Gasteiger partial charge is 0.360 e. The van der Waals surface area contributed by atoms with Gasteiger partial charge in [-0.05, 0) is 31.0 Å². The number of nitrogens with one attached hydrogen (secondary N) is 3. The summed E-state index contributed by atoms with van der Waals surface area (Å²) in [6, 6.07) is 4.19. The van der Waals surface area contributed by atoms with Gasteiger partial charge in [0.2, 0.25) is 11.3 Å². The Morgan fingerprint density at radius 2 is 2.14 bits per heavy atom. The number of pyridine rings is 1. The second-order valence-corrected chi connectivity index (χ2v) is 5.62. The topological polar surface area (TPSA) is 91.1 Å². The number of carbonyl (C=O) groups excluding carboxylic acids is 2. The van der Waals surface area contributed by atoms with Crippen LogP contribution in [0.5, 0.6) is 0 Å². The Morgan fingerprint density at radius 1 is 1.32 bits per heavy atom. The van der Waals surface area contributed by atoms with E-state index in [1.165, 1.54) is 6.20 Å². The van der Waals surface area contributed by atoms with Crippen molar-refractivity contribution in [3.63, 3.8) is 0 Å². The van der Waals surface area contributed by atoms with E-state index in [4.69, 9.17) is 11.6 Å². The molecule has 114 valence electrons. The van der Waals surface area contributed by atoms with Crippen molar-refractivity contribution < 1.29 is 9.59 Å². The van der Waals surface area contributed by atoms with Crippen LogP contribution in [0.25, 0.3) is 10.9 Å². The third-order valence-corrected chi connectivity index (χ3v) is 3.91.